The van der Waals surface area contributed by atoms with Gasteiger partial charge >= 0.3 is 0 Å². The van der Waals surface area contributed by atoms with Gasteiger partial charge in [-0.3, -0.25) is 4.99 Å². The van der Waals surface area contributed by atoms with Crippen molar-refractivity contribution in [3.63, 3.8) is 0 Å². The first-order valence-electron chi connectivity index (χ1n) is 9.70. The second kappa shape index (κ2) is 13.3. The number of halogens is 1. The van der Waals surface area contributed by atoms with Gasteiger partial charge in [0, 0.05) is 32.1 Å². The molecule has 1 atom stereocenters. The Bertz CT molecular complexity index is 504. The lowest BCUT2D eigenvalue weighted by Crippen LogP contribution is -2.49. The average molecular weight is 474 g/mol. The third-order valence-electron chi connectivity index (χ3n) is 4.59. The second-order valence-electron chi connectivity index (χ2n) is 6.82. The van der Waals surface area contributed by atoms with Crippen molar-refractivity contribution in [1.29, 1.82) is 0 Å². The van der Waals surface area contributed by atoms with Gasteiger partial charge in [0.1, 0.15) is 0 Å². The average Bonchev–Trinajstić information content (AvgIpc) is 2.63. The number of benzene rings is 1. The van der Waals surface area contributed by atoms with Gasteiger partial charge in [0.05, 0.1) is 12.6 Å². The van der Waals surface area contributed by atoms with E-state index in [1.165, 1.54) is 13.0 Å². The molecule has 0 aliphatic carbocycles. The number of hydrogen-bond donors (Lipinski definition) is 3. The van der Waals surface area contributed by atoms with Crippen molar-refractivity contribution < 1.29 is 5.11 Å². The highest BCUT2D eigenvalue weighted by molar-refractivity contribution is 14.0. The fourth-order valence-electron chi connectivity index (χ4n) is 3.28. The van der Waals surface area contributed by atoms with Gasteiger partial charge in [0.15, 0.2) is 5.96 Å². The van der Waals surface area contributed by atoms with E-state index in [-0.39, 0.29) is 24.0 Å². The van der Waals surface area contributed by atoms with E-state index in [0.717, 1.165) is 44.0 Å². The normalized spacial score (nSPS) is 17.4. The van der Waals surface area contributed by atoms with E-state index in [2.05, 4.69) is 34.4 Å². The highest BCUT2D eigenvalue weighted by Crippen LogP contribution is 2.10. The summed E-state index contributed by atoms with van der Waals surface area (Å²) in [6.45, 7) is 9.06. The maximum atomic E-state index is 10.3. The van der Waals surface area contributed by atoms with Crippen LogP contribution in [0.5, 0.6) is 0 Å². The Hall–Kier alpha value is -0.860. The molecule has 148 valence electrons. The highest BCUT2D eigenvalue weighted by atomic mass is 127. The highest BCUT2D eigenvalue weighted by Gasteiger charge is 2.19. The van der Waals surface area contributed by atoms with Crippen LogP contribution in [0.4, 0.5) is 0 Å². The third-order valence-corrected chi connectivity index (χ3v) is 4.59. The largest absolute Gasteiger partial charge is 0.391 e. The lowest BCUT2D eigenvalue weighted by Gasteiger charge is -2.32. The van der Waals surface area contributed by atoms with Crippen molar-refractivity contribution in [2.45, 2.75) is 51.7 Å². The molecule has 5 nitrogen and oxygen atoms in total. The predicted molar refractivity (Wildman–Crippen MR) is 120 cm³/mol. The zero-order chi connectivity index (χ0) is 17.9. The van der Waals surface area contributed by atoms with E-state index in [1.807, 2.05) is 30.3 Å². The van der Waals surface area contributed by atoms with Crippen LogP contribution in [0.15, 0.2) is 35.3 Å². The Kier molecular flexibility index (Phi) is 11.9. The number of nitrogens with one attached hydrogen (secondary N) is 2. The van der Waals surface area contributed by atoms with Crippen LogP contribution in [-0.2, 0) is 6.42 Å². The standard InChI is InChI=1S/C20H34N4O.HI/c1-3-12-24-13-10-18(11-14-24)23-20(21-4-2)22-16-19(25)15-17-8-6-5-7-9-17;/h5-9,18-19,25H,3-4,10-16H2,1-2H3,(H2,21,22,23);1H. The maximum absolute atomic E-state index is 10.3. The van der Waals surface area contributed by atoms with E-state index >= 15 is 0 Å². The fourth-order valence-corrected chi connectivity index (χ4v) is 3.28. The molecule has 0 bridgehead atoms. The Morgan fingerprint density at radius 1 is 1.23 bits per heavy atom. The molecule has 1 aromatic carbocycles. The molecule has 1 saturated heterocycles. The molecule has 0 radical (unpaired) electrons. The lowest BCUT2D eigenvalue weighted by atomic mass is 10.1. The van der Waals surface area contributed by atoms with E-state index in [1.54, 1.807) is 0 Å². The van der Waals surface area contributed by atoms with Gasteiger partial charge < -0.3 is 20.6 Å². The Labute approximate surface area is 175 Å². The first-order chi connectivity index (χ1) is 12.2. The minimum atomic E-state index is -0.454. The fraction of sp³-hybridized carbons (Fsp3) is 0.650. The van der Waals surface area contributed by atoms with Crippen LogP contribution in [0, 0.1) is 0 Å². The van der Waals surface area contributed by atoms with E-state index < -0.39 is 6.10 Å². The van der Waals surface area contributed by atoms with Crippen molar-refractivity contribution >= 4 is 29.9 Å². The molecule has 1 aliphatic heterocycles. The smallest absolute Gasteiger partial charge is 0.191 e. The summed E-state index contributed by atoms with van der Waals surface area (Å²) in [6.07, 6.45) is 3.71. The number of likely N-dealkylation sites (tertiary alicyclic amines) is 1. The van der Waals surface area contributed by atoms with Crippen LogP contribution < -0.4 is 10.6 Å². The van der Waals surface area contributed by atoms with Crippen molar-refractivity contribution in [2.24, 2.45) is 4.99 Å². The zero-order valence-electron chi connectivity index (χ0n) is 16.2. The summed E-state index contributed by atoms with van der Waals surface area (Å²) in [5.41, 5.74) is 1.14. The molecule has 1 aromatic rings. The minimum Gasteiger partial charge on any atom is -0.391 e. The number of aliphatic hydroxyl groups excluding tert-OH is 1. The summed E-state index contributed by atoms with van der Waals surface area (Å²) < 4.78 is 0. The van der Waals surface area contributed by atoms with Crippen LogP contribution in [0.2, 0.25) is 0 Å². The molecule has 0 saturated carbocycles. The number of hydrogen-bond acceptors (Lipinski definition) is 3. The minimum absolute atomic E-state index is 0. The molecule has 26 heavy (non-hydrogen) atoms. The van der Waals surface area contributed by atoms with Gasteiger partial charge in [-0.1, -0.05) is 37.3 Å². The van der Waals surface area contributed by atoms with Crippen molar-refractivity contribution in [3.8, 4) is 0 Å². The second-order valence-corrected chi connectivity index (χ2v) is 6.82. The number of aliphatic imine (C=N–C) groups is 1. The maximum Gasteiger partial charge on any atom is 0.191 e. The monoisotopic (exact) mass is 474 g/mol. The summed E-state index contributed by atoms with van der Waals surface area (Å²) in [5, 5.41) is 17.1. The topological polar surface area (TPSA) is 59.9 Å². The van der Waals surface area contributed by atoms with Gasteiger partial charge in [0.25, 0.3) is 0 Å². The number of guanidine groups is 1. The molecule has 6 heteroatoms. The lowest BCUT2D eigenvalue weighted by molar-refractivity contribution is 0.183. The molecule has 1 fully saturated rings. The number of piperidine rings is 1. The summed E-state index contributed by atoms with van der Waals surface area (Å²) >= 11 is 0. The quantitative estimate of drug-likeness (QED) is 0.308. The molecular formula is C20H35IN4O. The molecule has 0 aromatic heterocycles. The van der Waals surface area contributed by atoms with Crippen LogP contribution in [0.25, 0.3) is 0 Å². The molecule has 2 rings (SSSR count). The van der Waals surface area contributed by atoms with E-state index in [0.29, 0.717) is 19.0 Å². The first kappa shape index (κ1) is 23.2. The number of aliphatic hydroxyl groups is 1. The van der Waals surface area contributed by atoms with Crippen molar-refractivity contribution in [3.05, 3.63) is 35.9 Å². The summed E-state index contributed by atoms with van der Waals surface area (Å²) in [4.78, 5) is 7.12. The van der Waals surface area contributed by atoms with E-state index in [4.69, 9.17) is 0 Å². The molecular weight excluding hydrogens is 439 g/mol. The Morgan fingerprint density at radius 2 is 1.92 bits per heavy atom. The molecule has 0 spiro atoms. The van der Waals surface area contributed by atoms with E-state index in [9.17, 15) is 5.11 Å². The van der Waals surface area contributed by atoms with Crippen LogP contribution in [-0.4, -0.2) is 60.8 Å². The van der Waals surface area contributed by atoms with Gasteiger partial charge in [-0.05, 0) is 38.3 Å². The van der Waals surface area contributed by atoms with Gasteiger partial charge in [-0.25, -0.2) is 0 Å². The Morgan fingerprint density at radius 3 is 2.54 bits per heavy atom. The molecule has 1 heterocycles. The summed E-state index contributed by atoms with van der Waals surface area (Å²) in [6, 6.07) is 10.6. The van der Waals surface area contributed by atoms with Crippen LogP contribution in [0.1, 0.15) is 38.7 Å². The SMILES string of the molecule is CCCN1CCC(NC(=NCC(O)Cc2ccccc2)NCC)CC1.I. The molecule has 3 N–H and O–H groups in total. The van der Waals surface area contributed by atoms with Crippen LogP contribution >= 0.6 is 24.0 Å². The Balaban J connectivity index is 0.00000338. The summed E-state index contributed by atoms with van der Waals surface area (Å²) in [7, 11) is 0. The first-order valence-corrected chi connectivity index (χ1v) is 9.70. The van der Waals surface area contributed by atoms with Crippen molar-refractivity contribution in [2.75, 3.05) is 32.7 Å². The number of nitrogens with zero attached hydrogens (tertiary/aromatic N) is 2. The predicted octanol–water partition coefficient (Wildman–Crippen LogP) is 2.64. The van der Waals surface area contributed by atoms with Gasteiger partial charge in [0.2, 0.25) is 0 Å². The summed E-state index contributed by atoms with van der Waals surface area (Å²) in [5.74, 6) is 0.823. The number of rotatable bonds is 8. The molecule has 1 aliphatic rings. The van der Waals surface area contributed by atoms with Crippen LogP contribution in [0.3, 0.4) is 0 Å². The van der Waals surface area contributed by atoms with Gasteiger partial charge in [-0.2, -0.15) is 0 Å². The molecule has 0 amide bonds. The molecule has 1 unspecified atom stereocenters. The van der Waals surface area contributed by atoms with Crippen molar-refractivity contribution in [1.82, 2.24) is 15.5 Å². The third kappa shape index (κ3) is 8.68. The van der Waals surface area contributed by atoms with Gasteiger partial charge in [-0.15, -0.1) is 24.0 Å². The zero-order valence-corrected chi connectivity index (χ0v) is 18.5.